The predicted molar refractivity (Wildman–Crippen MR) is 60.6 cm³/mol. The summed E-state index contributed by atoms with van der Waals surface area (Å²) in [7, 11) is 0. The molecule has 0 saturated heterocycles. The lowest BCUT2D eigenvalue weighted by Gasteiger charge is -2.27. The Bertz CT molecular complexity index is 354. The number of amides is 1. The molecular formula is C11H16N4O. The maximum atomic E-state index is 11.9. The van der Waals surface area contributed by atoms with E-state index in [0.29, 0.717) is 5.82 Å². The van der Waals surface area contributed by atoms with Crippen LogP contribution in [-0.2, 0) is 4.79 Å². The Morgan fingerprint density at radius 1 is 1.44 bits per heavy atom. The van der Waals surface area contributed by atoms with Crippen LogP contribution in [0.1, 0.15) is 25.7 Å². The van der Waals surface area contributed by atoms with E-state index in [9.17, 15) is 4.79 Å². The highest BCUT2D eigenvalue weighted by atomic mass is 16.2. The number of nitrogens with one attached hydrogen (secondary N) is 1. The minimum absolute atomic E-state index is 0.0228. The highest BCUT2D eigenvalue weighted by Crippen LogP contribution is 2.23. The van der Waals surface area contributed by atoms with Crippen molar-refractivity contribution in [2.45, 2.75) is 31.7 Å². The highest BCUT2D eigenvalue weighted by molar-refractivity contribution is 5.92. The van der Waals surface area contributed by atoms with Crippen molar-refractivity contribution in [3.05, 3.63) is 18.3 Å². The second-order valence-corrected chi connectivity index (χ2v) is 4.15. The second kappa shape index (κ2) is 5.03. The molecule has 5 nitrogen and oxygen atoms in total. The zero-order valence-electron chi connectivity index (χ0n) is 9.10. The number of rotatable bonds is 2. The molecule has 3 N–H and O–H groups in total. The van der Waals surface area contributed by atoms with Gasteiger partial charge in [0.25, 0.3) is 0 Å². The monoisotopic (exact) mass is 220 g/mol. The average molecular weight is 220 g/mol. The molecule has 1 aliphatic carbocycles. The minimum Gasteiger partial charge on any atom is -0.327 e. The van der Waals surface area contributed by atoms with Crippen molar-refractivity contribution in [2.24, 2.45) is 11.7 Å². The van der Waals surface area contributed by atoms with Gasteiger partial charge in [-0.3, -0.25) is 4.79 Å². The molecule has 2 unspecified atom stereocenters. The lowest BCUT2D eigenvalue weighted by molar-refractivity contribution is -0.121. The summed E-state index contributed by atoms with van der Waals surface area (Å²) >= 11 is 0. The van der Waals surface area contributed by atoms with Gasteiger partial charge in [-0.05, 0) is 25.0 Å². The van der Waals surface area contributed by atoms with Gasteiger partial charge in [0.2, 0.25) is 5.91 Å². The number of hydrogen-bond acceptors (Lipinski definition) is 4. The van der Waals surface area contributed by atoms with E-state index in [-0.39, 0.29) is 17.9 Å². The molecule has 0 aromatic carbocycles. The Labute approximate surface area is 94.4 Å². The van der Waals surface area contributed by atoms with Gasteiger partial charge in [0.05, 0.1) is 5.92 Å². The molecule has 1 aromatic heterocycles. The molecule has 86 valence electrons. The Morgan fingerprint density at radius 3 is 2.94 bits per heavy atom. The van der Waals surface area contributed by atoms with Gasteiger partial charge >= 0.3 is 0 Å². The summed E-state index contributed by atoms with van der Waals surface area (Å²) in [5.41, 5.74) is 5.94. The molecule has 0 radical (unpaired) electrons. The van der Waals surface area contributed by atoms with Crippen molar-refractivity contribution >= 4 is 11.7 Å². The normalized spacial score (nSPS) is 25.1. The molecule has 0 aliphatic heterocycles. The zero-order valence-corrected chi connectivity index (χ0v) is 9.10. The van der Waals surface area contributed by atoms with Gasteiger partial charge in [0.15, 0.2) is 5.82 Å². The van der Waals surface area contributed by atoms with Crippen LogP contribution in [0.15, 0.2) is 18.3 Å². The fourth-order valence-electron chi connectivity index (χ4n) is 2.07. The number of hydrogen-bond donors (Lipinski definition) is 2. The Morgan fingerprint density at radius 2 is 2.25 bits per heavy atom. The SMILES string of the molecule is NC1CCCCC1C(=O)Nc1cccnn1. The summed E-state index contributed by atoms with van der Waals surface area (Å²) in [6, 6.07) is 3.44. The third-order valence-corrected chi connectivity index (χ3v) is 2.98. The fourth-order valence-corrected chi connectivity index (χ4v) is 2.07. The summed E-state index contributed by atoms with van der Waals surface area (Å²) in [6.45, 7) is 0. The van der Waals surface area contributed by atoms with E-state index in [1.807, 2.05) is 0 Å². The van der Waals surface area contributed by atoms with E-state index in [4.69, 9.17) is 5.73 Å². The van der Waals surface area contributed by atoms with Gasteiger partial charge in [-0.25, -0.2) is 0 Å². The average Bonchev–Trinajstić information content (AvgIpc) is 2.31. The first-order valence-corrected chi connectivity index (χ1v) is 5.61. The molecule has 2 atom stereocenters. The Kier molecular flexibility index (Phi) is 3.46. The van der Waals surface area contributed by atoms with Crippen molar-refractivity contribution in [1.82, 2.24) is 10.2 Å². The lowest BCUT2D eigenvalue weighted by Crippen LogP contribution is -2.40. The number of carbonyl (C=O) groups excluding carboxylic acids is 1. The Balaban J connectivity index is 1.97. The van der Waals surface area contributed by atoms with E-state index in [1.54, 1.807) is 18.3 Å². The van der Waals surface area contributed by atoms with Crippen LogP contribution in [0, 0.1) is 5.92 Å². The lowest BCUT2D eigenvalue weighted by atomic mass is 9.84. The third kappa shape index (κ3) is 2.55. The molecule has 0 bridgehead atoms. The van der Waals surface area contributed by atoms with Crippen LogP contribution in [-0.4, -0.2) is 22.1 Å². The standard InChI is InChI=1S/C11H16N4O/c12-9-5-2-1-4-8(9)11(16)14-10-6-3-7-13-15-10/h3,6-9H,1-2,4-5,12H2,(H,14,15,16). The molecule has 5 heteroatoms. The van der Waals surface area contributed by atoms with Crippen LogP contribution in [0.4, 0.5) is 5.82 Å². The topological polar surface area (TPSA) is 80.9 Å². The van der Waals surface area contributed by atoms with E-state index in [2.05, 4.69) is 15.5 Å². The maximum absolute atomic E-state index is 11.9. The fraction of sp³-hybridized carbons (Fsp3) is 0.545. The summed E-state index contributed by atoms with van der Waals surface area (Å²) in [5, 5.41) is 10.3. The van der Waals surface area contributed by atoms with Crippen LogP contribution in [0.5, 0.6) is 0 Å². The van der Waals surface area contributed by atoms with E-state index in [1.165, 1.54) is 0 Å². The number of aromatic nitrogens is 2. The van der Waals surface area contributed by atoms with Crippen molar-refractivity contribution in [1.29, 1.82) is 0 Å². The quantitative estimate of drug-likeness (QED) is 0.777. The molecule has 1 amide bonds. The van der Waals surface area contributed by atoms with Crippen LogP contribution < -0.4 is 11.1 Å². The van der Waals surface area contributed by atoms with Crippen molar-refractivity contribution < 1.29 is 4.79 Å². The molecule has 1 aromatic rings. The summed E-state index contributed by atoms with van der Waals surface area (Å²) in [4.78, 5) is 11.9. The molecule has 1 aliphatic rings. The summed E-state index contributed by atoms with van der Waals surface area (Å²) in [6.07, 6.45) is 5.57. The molecule has 2 rings (SSSR count). The van der Waals surface area contributed by atoms with Gasteiger partial charge in [-0.15, -0.1) is 5.10 Å². The van der Waals surface area contributed by atoms with Crippen LogP contribution in [0.2, 0.25) is 0 Å². The van der Waals surface area contributed by atoms with Crippen LogP contribution in [0.3, 0.4) is 0 Å². The number of nitrogens with zero attached hydrogens (tertiary/aromatic N) is 2. The first kappa shape index (κ1) is 11.0. The van der Waals surface area contributed by atoms with Crippen molar-refractivity contribution in [3.63, 3.8) is 0 Å². The number of anilines is 1. The smallest absolute Gasteiger partial charge is 0.230 e. The zero-order chi connectivity index (χ0) is 11.4. The van der Waals surface area contributed by atoms with Gasteiger partial charge in [0, 0.05) is 12.2 Å². The minimum atomic E-state index is -0.0873. The summed E-state index contributed by atoms with van der Waals surface area (Å²) < 4.78 is 0. The van der Waals surface area contributed by atoms with Crippen molar-refractivity contribution in [3.8, 4) is 0 Å². The second-order valence-electron chi connectivity index (χ2n) is 4.15. The highest BCUT2D eigenvalue weighted by Gasteiger charge is 2.28. The largest absolute Gasteiger partial charge is 0.327 e. The van der Waals surface area contributed by atoms with Crippen molar-refractivity contribution in [2.75, 3.05) is 5.32 Å². The van der Waals surface area contributed by atoms with Crippen LogP contribution >= 0.6 is 0 Å². The summed E-state index contributed by atoms with van der Waals surface area (Å²) in [5.74, 6) is 0.369. The van der Waals surface area contributed by atoms with E-state index < -0.39 is 0 Å². The molecule has 0 spiro atoms. The van der Waals surface area contributed by atoms with Crippen LogP contribution in [0.25, 0.3) is 0 Å². The first-order chi connectivity index (χ1) is 7.77. The maximum Gasteiger partial charge on any atom is 0.230 e. The van der Waals surface area contributed by atoms with E-state index >= 15 is 0 Å². The third-order valence-electron chi connectivity index (χ3n) is 2.98. The van der Waals surface area contributed by atoms with Gasteiger partial charge < -0.3 is 11.1 Å². The molecule has 1 heterocycles. The van der Waals surface area contributed by atoms with E-state index in [0.717, 1.165) is 25.7 Å². The molecule has 1 fully saturated rings. The van der Waals surface area contributed by atoms with Gasteiger partial charge in [0.1, 0.15) is 0 Å². The predicted octanol–water partition coefficient (Wildman–Crippen LogP) is 0.933. The molecule has 16 heavy (non-hydrogen) atoms. The molecular weight excluding hydrogens is 204 g/mol. The van der Waals surface area contributed by atoms with Gasteiger partial charge in [-0.1, -0.05) is 12.8 Å². The molecule has 1 saturated carbocycles. The van der Waals surface area contributed by atoms with Gasteiger partial charge in [-0.2, -0.15) is 5.10 Å². The number of carbonyl (C=O) groups is 1. The first-order valence-electron chi connectivity index (χ1n) is 5.61. The number of nitrogens with two attached hydrogens (primary N) is 1. The Hall–Kier alpha value is -1.49.